The van der Waals surface area contributed by atoms with Crippen LogP contribution in [0.3, 0.4) is 0 Å². The van der Waals surface area contributed by atoms with Crippen molar-refractivity contribution < 1.29 is 57.0 Å². The maximum Gasteiger partial charge on any atom is 0.328 e. The number of aliphatic carboxylic acids is 2. The van der Waals surface area contributed by atoms with E-state index in [9.17, 15) is 9.59 Å². The summed E-state index contributed by atoms with van der Waals surface area (Å²) in [7, 11) is 0. The molecule has 0 amide bonds. The van der Waals surface area contributed by atoms with Crippen LogP contribution in [0.2, 0.25) is 0 Å². The molecule has 0 aliphatic heterocycles. The molecule has 0 bridgehead atoms. The number of benzene rings is 2. The van der Waals surface area contributed by atoms with Gasteiger partial charge in [-0.25, -0.2) is 9.59 Å². The number of carbonyl (C=O) groups is 2. The van der Waals surface area contributed by atoms with Crippen LogP contribution in [0.1, 0.15) is 11.1 Å². The molecule has 0 atom stereocenters. The zero-order valence-corrected chi connectivity index (χ0v) is 14.6. The van der Waals surface area contributed by atoms with E-state index in [1.165, 1.54) is 48.6 Å². The van der Waals surface area contributed by atoms with Crippen molar-refractivity contribution >= 4 is 24.1 Å². The van der Waals surface area contributed by atoms with Crippen molar-refractivity contribution in [1.29, 1.82) is 0 Å². The van der Waals surface area contributed by atoms with Gasteiger partial charge in [0.15, 0.2) is 23.0 Å². The summed E-state index contributed by atoms with van der Waals surface area (Å²) in [5.74, 6) is -3.12. The van der Waals surface area contributed by atoms with Crippen molar-refractivity contribution in [2.24, 2.45) is 0 Å². The molecule has 27 heavy (non-hydrogen) atoms. The third-order valence-corrected chi connectivity index (χ3v) is 2.84. The molecular formula is C18H16CoO8. The molecule has 2 rings (SSSR count). The van der Waals surface area contributed by atoms with Crippen LogP contribution < -0.4 is 0 Å². The number of hydrogen-bond donors (Lipinski definition) is 6. The quantitative estimate of drug-likeness (QED) is 0.326. The van der Waals surface area contributed by atoms with Gasteiger partial charge in [-0.2, -0.15) is 0 Å². The number of carboxylic acids is 2. The van der Waals surface area contributed by atoms with Crippen LogP contribution in [0.4, 0.5) is 0 Å². The number of aromatic hydroxyl groups is 4. The first-order valence-electron chi connectivity index (χ1n) is 7.05. The van der Waals surface area contributed by atoms with Gasteiger partial charge in [0.25, 0.3) is 0 Å². The van der Waals surface area contributed by atoms with Crippen molar-refractivity contribution in [1.82, 2.24) is 0 Å². The number of phenolic OH excluding ortho intramolecular Hbond substituents is 4. The van der Waals surface area contributed by atoms with Crippen LogP contribution in [0, 0.1) is 0 Å². The molecule has 0 saturated carbocycles. The van der Waals surface area contributed by atoms with Crippen LogP contribution >= 0.6 is 0 Å². The Balaban J connectivity index is 0.000000483. The number of phenols is 4. The van der Waals surface area contributed by atoms with Gasteiger partial charge >= 0.3 is 11.9 Å². The van der Waals surface area contributed by atoms with Crippen LogP contribution in [-0.4, -0.2) is 42.6 Å². The summed E-state index contributed by atoms with van der Waals surface area (Å²) in [5.41, 5.74) is 1.02. The first kappa shape index (κ1) is 23.6. The van der Waals surface area contributed by atoms with E-state index in [4.69, 9.17) is 30.6 Å². The van der Waals surface area contributed by atoms with Gasteiger partial charge in [-0.1, -0.05) is 12.1 Å². The Labute approximate surface area is 164 Å². The number of carboxylic acid groups (broad SMARTS) is 2. The zero-order chi connectivity index (χ0) is 19.7. The third-order valence-electron chi connectivity index (χ3n) is 2.84. The molecule has 6 N–H and O–H groups in total. The fraction of sp³-hybridized carbons (Fsp3) is 0. The summed E-state index contributed by atoms with van der Waals surface area (Å²) in [6.07, 6.45) is 4.54. The van der Waals surface area contributed by atoms with Crippen LogP contribution in [0.5, 0.6) is 23.0 Å². The molecule has 2 aromatic carbocycles. The van der Waals surface area contributed by atoms with E-state index in [1.54, 1.807) is 0 Å². The van der Waals surface area contributed by atoms with Gasteiger partial charge < -0.3 is 30.6 Å². The largest absolute Gasteiger partial charge is 0.504 e. The molecule has 0 unspecified atom stereocenters. The Morgan fingerprint density at radius 2 is 0.963 bits per heavy atom. The van der Waals surface area contributed by atoms with Gasteiger partial charge in [-0.05, 0) is 47.5 Å². The van der Waals surface area contributed by atoms with E-state index in [0.29, 0.717) is 11.1 Å². The maximum absolute atomic E-state index is 10.1. The Hall–Kier alpha value is -3.43. The molecular weight excluding hydrogens is 403 g/mol. The summed E-state index contributed by atoms with van der Waals surface area (Å²) in [5, 5.41) is 52.5. The minimum absolute atomic E-state index is 0. The summed E-state index contributed by atoms with van der Waals surface area (Å²) in [6.45, 7) is 0. The van der Waals surface area contributed by atoms with E-state index < -0.39 is 11.9 Å². The average Bonchev–Trinajstić information content (AvgIpc) is 2.57. The standard InChI is InChI=1S/2C9H8O4.Co/c2*10-7-3-1-6(5-8(7)11)2-4-9(12)13;/h2*1-5,10-11H,(H,12,13);/b2*4-2+;. The van der Waals surface area contributed by atoms with Crippen molar-refractivity contribution in [2.75, 3.05) is 0 Å². The Morgan fingerprint density at radius 1 is 0.630 bits per heavy atom. The minimum atomic E-state index is -1.06. The second kappa shape index (κ2) is 11.2. The van der Waals surface area contributed by atoms with E-state index >= 15 is 0 Å². The van der Waals surface area contributed by atoms with Crippen molar-refractivity contribution in [3.05, 3.63) is 59.7 Å². The summed E-state index contributed by atoms with van der Waals surface area (Å²) < 4.78 is 0. The second-order valence-corrected chi connectivity index (χ2v) is 4.84. The first-order valence-corrected chi connectivity index (χ1v) is 7.05. The fourth-order valence-corrected chi connectivity index (χ4v) is 1.62. The monoisotopic (exact) mass is 419 g/mol. The van der Waals surface area contributed by atoms with Crippen molar-refractivity contribution in [2.45, 2.75) is 0 Å². The molecule has 0 fully saturated rings. The number of rotatable bonds is 4. The zero-order valence-electron chi connectivity index (χ0n) is 13.6. The Kier molecular flexibility index (Phi) is 9.81. The van der Waals surface area contributed by atoms with E-state index in [0.717, 1.165) is 12.2 Å². The Morgan fingerprint density at radius 3 is 1.22 bits per heavy atom. The molecule has 0 heterocycles. The van der Waals surface area contributed by atoms with E-state index in [-0.39, 0.29) is 39.8 Å². The molecule has 0 spiro atoms. The maximum atomic E-state index is 10.1. The molecule has 0 aromatic heterocycles. The molecule has 145 valence electrons. The normalized spacial score (nSPS) is 10.1. The predicted molar refractivity (Wildman–Crippen MR) is 92.9 cm³/mol. The summed E-state index contributed by atoms with van der Waals surface area (Å²) in [4.78, 5) is 20.3. The van der Waals surface area contributed by atoms with Crippen LogP contribution in [0.25, 0.3) is 12.2 Å². The summed E-state index contributed by atoms with van der Waals surface area (Å²) in [6, 6.07) is 8.11. The average molecular weight is 419 g/mol. The molecule has 0 aliphatic rings. The van der Waals surface area contributed by atoms with E-state index in [2.05, 4.69) is 0 Å². The molecule has 0 aliphatic carbocycles. The predicted octanol–water partition coefficient (Wildman–Crippen LogP) is 2.39. The minimum Gasteiger partial charge on any atom is -0.504 e. The molecule has 0 saturated heterocycles. The first-order chi connectivity index (χ1) is 12.2. The van der Waals surface area contributed by atoms with Gasteiger partial charge in [0.1, 0.15) is 0 Å². The molecule has 1 radical (unpaired) electrons. The van der Waals surface area contributed by atoms with Crippen molar-refractivity contribution in [3.8, 4) is 23.0 Å². The van der Waals surface area contributed by atoms with Crippen LogP contribution in [-0.2, 0) is 26.4 Å². The van der Waals surface area contributed by atoms with Crippen molar-refractivity contribution in [3.63, 3.8) is 0 Å². The van der Waals surface area contributed by atoms with Crippen LogP contribution in [0.15, 0.2) is 48.6 Å². The fourth-order valence-electron chi connectivity index (χ4n) is 1.62. The third kappa shape index (κ3) is 9.00. The van der Waals surface area contributed by atoms with Gasteiger partial charge in [0.2, 0.25) is 0 Å². The van der Waals surface area contributed by atoms with Gasteiger partial charge in [-0.3, -0.25) is 0 Å². The van der Waals surface area contributed by atoms with Gasteiger partial charge in [0, 0.05) is 28.9 Å². The smallest absolute Gasteiger partial charge is 0.328 e. The van der Waals surface area contributed by atoms with Gasteiger partial charge in [0.05, 0.1) is 0 Å². The Bertz CT molecular complexity index is 787. The molecule has 9 heteroatoms. The topological polar surface area (TPSA) is 156 Å². The second-order valence-electron chi connectivity index (χ2n) is 4.84. The SMILES string of the molecule is O=C(O)/C=C/c1ccc(O)c(O)c1.O=C(O)/C=C/c1ccc(O)c(O)c1.[Co]. The summed E-state index contributed by atoms with van der Waals surface area (Å²) >= 11 is 0. The molecule has 8 nitrogen and oxygen atoms in total. The number of hydrogen-bond acceptors (Lipinski definition) is 6. The molecule has 2 aromatic rings. The van der Waals surface area contributed by atoms with Gasteiger partial charge in [-0.15, -0.1) is 0 Å². The van der Waals surface area contributed by atoms with E-state index in [1.807, 2.05) is 0 Å².